The molecule has 0 radical (unpaired) electrons. The van der Waals surface area contributed by atoms with Gasteiger partial charge in [-0.15, -0.1) is 0 Å². The lowest BCUT2D eigenvalue weighted by Crippen LogP contribution is -2.57. The summed E-state index contributed by atoms with van der Waals surface area (Å²) < 4.78 is 13.2. The SMILES string of the molecule is CC1NC(=O)CN(C(C)c2cccc(F)c2)C1=O. The molecule has 2 unspecified atom stereocenters. The topological polar surface area (TPSA) is 49.4 Å². The number of nitrogens with one attached hydrogen (secondary N) is 1. The Hall–Kier alpha value is -1.91. The third-order valence-electron chi connectivity index (χ3n) is 3.14. The molecule has 0 bridgehead atoms. The van der Waals surface area contributed by atoms with Gasteiger partial charge in [0.15, 0.2) is 0 Å². The van der Waals surface area contributed by atoms with Crippen LogP contribution in [0.5, 0.6) is 0 Å². The van der Waals surface area contributed by atoms with E-state index in [1.165, 1.54) is 17.0 Å². The summed E-state index contributed by atoms with van der Waals surface area (Å²) in [5.74, 6) is -0.682. The lowest BCUT2D eigenvalue weighted by Gasteiger charge is -2.35. The van der Waals surface area contributed by atoms with E-state index in [9.17, 15) is 14.0 Å². The average Bonchev–Trinajstić information content (AvgIpc) is 2.33. The molecule has 1 heterocycles. The van der Waals surface area contributed by atoms with E-state index in [0.29, 0.717) is 5.56 Å². The van der Waals surface area contributed by atoms with E-state index in [4.69, 9.17) is 0 Å². The summed E-state index contributed by atoms with van der Waals surface area (Å²) in [6, 6.07) is 5.24. The van der Waals surface area contributed by atoms with Gasteiger partial charge in [0.1, 0.15) is 18.4 Å². The van der Waals surface area contributed by atoms with Crippen molar-refractivity contribution in [1.29, 1.82) is 0 Å². The fraction of sp³-hybridized carbons (Fsp3) is 0.385. The van der Waals surface area contributed by atoms with Crippen LogP contribution < -0.4 is 5.32 Å². The molecule has 1 aliphatic rings. The third kappa shape index (κ3) is 2.34. The molecule has 18 heavy (non-hydrogen) atoms. The normalized spacial score (nSPS) is 21.7. The van der Waals surface area contributed by atoms with Crippen LogP contribution in [0.25, 0.3) is 0 Å². The van der Waals surface area contributed by atoms with Gasteiger partial charge in [-0.25, -0.2) is 4.39 Å². The summed E-state index contributed by atoms with van der Waals surface area (Å²) in [6.07, 6.45) is 0. The minimum atomic E-state index is -0.526. The van der Waals surface area contributed by atoms with Crippen LogP contribution in [0.4, 0.5) is 4.39 Å². The number of halogens is 1. The largest absolute Gasteiger partial charge is 0.343 e. The highest BCUT2D eigenvalue weighted by Crippen LogP contribution is 2.22. The zero-order valence-electron chi connectivity index (χ0n) is 10.3. The Balaban J connectivity index is 2.24. The lowest BCUT2D eigenvalue weighted by molar-refractivity contribution is -0.145. The first-order valence-corrected chi connectivity index (χ1v) is 5.84. The number of nitrogens with zero attached hydrogens (tertiary/aromatic N) is 1. The molecular formula is C13H15FN2O2. The van der Waals surface area contributed by atoms with Gasteiger partial charge in [0.05, 0.1) is 6.04 Å². The fourth-order valence-electron chi connectivity index (χ4n) is 2.10. The molecule has 0 saturated carbocycles. The van der Waals surface area contributed by atoms with E-state index in [-0.39, 0.29) is 30.2 Å². The minimum Gasteiger partial charge on any atom is -0.343 e. The van der Waals surface area contributed by atoms with Crippen molar-refractivity contribution in [2.75, 3.05) is 6.54 Å². The van der Waals surface area contributed by atoms with Gasteiger partial charge in [0.25, 0.3) is 0 Å². The molecule has 2 rings (SSSR count). The Morgan fingerprint density at radius 3 is 2.83 bits per heavy atom. The second kappa shape index (κ2) is 4.76. The molecule has 2 amide bonds. The van der Waals surface area contributed by atoms with Crippen LogP contribution in [0.15, 0.2) is 24.3 Å². The van der Waals surface area contributed by atoms with Crippen LogP contribution in [0.1, 0.15) is 25.5 Å². The van der Waals surface area contributed by atoms with Crippen LogP contribution >= 0.6 is 0 Å². The smallest absolute Gasteiger partial charge is 0.245 e. The van der Waals surface area contributed by atoms with E-state index in [1.54, 1.807) is 26.0 Å². The summed E-state index contributed by atoms with van der Waals surface area (Å²) in [7, 11) is 0. The Morgan fingerprint density at radius 1 is 1.44 bits per heavy atom. The van der Waals surface area contributed by atoms with Crippen molar-refractivity contribution in [2.45, 2.75) is 25.9 Å². The molecule has 96 valence electrons. The number of amides is 2. The van der Waals surface area contributed by atoms with Gasteiger partial charge in [-0.2, -0.15) is 0 Å². The molecule has 2 atom stereocenters. The number of rotatable bonds is 2. The maximum absolute atomic E-state index is 13.2. The molecule has 1 aromatic carbocycles. The number of piperazine rings is 1. The average molecular weight is 250 g/mol. The molecule has 1 aliphatic heterocycles. The molecule has 0 aliphatic carbocycles. The maximum atomic E-state index is 13.2. The van der Waals surface area contributed by atoms with Gasteiger partial charge in [-0.05, 0) is 31.5 Å². The predicted molar refractivity (Wildman–Crippen MR) is 64.1 cm³/mol. The van der Waals surface area contributed by atoms with Crippen molar-refractivity contribution in [3.8, 4) is 0 Å². The van der Waals surface area contributed by atoms with Crippen molar-refractivity contribution in [2.24, 2.45) is 0 Å². The van der Waals surface area contributed by atoms with Crippen LogP contribution in [0.2, 0.25) is 0 Å². The monoisotopic (exact) mass is 250 g/mol. The second-order valence-corrected chi connectivity index (χ2v) is 4.49. The molecule has 1 fully saturated rings. The highest BCUT2D eigenvalue weighted by atomic mass is 19.1. The molecule has 1 N–H and O–H groups in total. The van der Waals surface area contributed by atoms with Gasteiger partial charge < -0.3 is 10.2 Å². The zero-order valence-corrected chi connectivity index (χ0v) is 10.3. The van der Waals surface area contributed by atoms with E-state index in [2.05, 4.69) is 5.32 Å². The van der Waals surface area contributed by atoms with E-state index >= 15 is 0 Å². The lowest BCUT2D eigenvalue weighted by atomic mass is 10.0. The van der Waals surface area contributed by atoms with Crippen molar-refractivity contribution in [1.82, 2.24) is 10.2 Å². The Bertz CT molecular complexity index is 490. The van der Waals surface area contributed by atoms with Crippen molar-refractivity contribution in [3.05, 3.63) is 35.6 Å². The van der Waals surface area contributed by atoms with Crippen LogP contribution in [-0.2, 0) is 9.59 Å². The number of hydrogen-bond acceptors (Lipinski definition) is 2. The summed E-state index contributed by atoms with van der Waals surface area (Å²) in [5.41, 5.74) is 0.685. The third-order valence-corrected chi connectivity index (χ3v) is 3.14. The number of carbonyl (C=O) groups is 2. The standard InChI is InChI=1S/C13H15FN2O2/c1-8-13(18)16(7-12(17)15-8)9(2)10-4-3-5-11(14)6-10/h3-6,8-9H,7H2,1-2H3,(H,15,17). The van der Waals surface area contributed by atoms with Crippen molar-refractivity contribution in [3.63, 3.8) is 0 Å². The fourth-order valence-corrected chi connectivity index (χ4v) is 2.10. The number of benzene rings is 1. The molecule has 1 aromatic rings. The molecular weight excluding hydrogens is 235 g/mol. The maximum Gasteiger partial charge on any atom is 0.245 e. The van der Waals surface area contributed by atoms with Crippen LogP contribution in [0.3, 0.4) is 0 Å². The first kappa shape index (κ1) is 12.5. The Morgan fingerprint density at radius 2 is 2.17 bits per heavy atom. The quantitative estimate of drug-likeness (QED) is 0.858. The van der Waals surface area contributed by atoms with Crippen LogP contribution in [-0.4, -0.2) is 29.3 Å². The second-order valence-electron chi connectivity index (χ2n) is 4.49. The van der Waals surface area contributed by atoms with Crippen molar-refractivity contribution >= 4 is 11.8 Å². The molecule has 1 saturated heterocycles. The van der Waals surface area contributed by atoms with Gasteiger partial charge in [-0.3, -0.25) is 9.59 Å². The Kier molecular flexibility index (Phi) is 3.32. The molecule has 4 nitrogen and oxygen atoms in total. The van der Waals surface area contributed by atoms with Crippen molar-refractivity contribution < 1.29 is 14.0 Å². The van der Waals surface area contributed by atoms with E-state index < -0.39 is 6.04 Å². The van der Waals surface area contributed by atoms with Gasteiger partial charge in [0, 0.05) is 0 Å². The van der Waals surface area contributed by atoms with Gasteiger partial charge >= 0.3 is 0 Å². The Labute approximate surface area is 105 Å². The number of carbonyl (C=O) groups excluding carboxylic acids is 2. The molecule has 0 spiro atoms. The van der Waals surface area contributed by atoms with E-state index in [1.807, 2.05) is 0 Å². The number of hydrogen-bond donors (Lipinski definition) is 1. The van der Waals surface area contributed by atoms with Gasteiger partial charge in [0.2, 0.25) is 11.8 Å². The summed E-state index contributed by atoms with van der Waals surface area (Å²) in [6.45, 7) is 3.45. The highest BCUT2D eigenvalue weighted by Gasteiger charge is 2.32. The first-order chi connectivity index (χ1) is 8.49. The van der Waals surface area contributed by atoms with Crippen LogP contribution in [0, 0.1) is 5.82 Å². The van der Waals surface area contributed by atoms with Gasteiger partial charge in [-0.1, -0.05) is 12.1 Å². The predicted octanol–water partition coefficient (Wildman–Crippen LogP) is 1.23. The van der Waals surface area contributed by atoms with E-state index in [0.717, 1.165) is 0 Å². The molecule has 5 heteroatoms. The minimum absolute atomic E-state index is 0.0147. The first-order valence-electron chi connectivity index (χ1n) is 5.84. The molecule has 0 aromatic heterocycles. The summed E-state index contributed by atoms with van der Waals surface area (Å²) in [5, 5.41) is 2.57. The highest BCUT2D eigenvalue weighted by molar-refractivity contribution is 5.94. The summed E-state index contributed by atoms with van der Waals surface area (Å²) >= 11 is 0. The summed E-state index contributed by atoms with van der Waals surface area (Å²) in [4.78, 5) is 24.9. The zero-order chi connectivity index (χ0) is 13.3.